The second kappa shape index (κ2) is 7.07. The largest absolute Gasteiger partial charge is 0.348 e. The lowest BCUT2D eigenvalue weighted by molar-refractivity contribution is -0.145. The predicted molar refractivity (Wildman–Crippen MR) is 103 cm³/mol. The van der Waals surface area contributed by atoms with Crippen LogP contribution in [0, 0.1) is 6.92 Å². The molecular formula is C20H28N6O2. The van der Waals surface area contributed by atoms with E-state index in [0.717, 1.165) is 23.4 Å². The maximum Gasteiger partial charge on any atom is 0.247 e. The Morgan fingerprint density at radius 2 is 2.04 bits per heavy atom. The summed E-state index contributed by atoms with van der Waals surface area (Å²) in [5.41, 5.74) is 2.76. The van der Waals surface area contributed by atoms with Gasteiger partial charge in [0.25, 0.3) is 0 Å². The molecule has 2 aromatic rings. The zero-order valence-corrected chi connectivity index (χ0v) is 16.8. The number of carbonyl (C=O) groups excluding carboxylic acids is 2. The Bertz CT molecular complexity index is 877. The number of fused-ring (bicyclic) bond motifs is 2. The molecule has 0 radical (unpaired) electrons. The SMILES string of the molecule is CCC(=O)N1CCc2[nH]cnc2C12CCN(C(=O)[C@@H](C)n1cc(C)cn1)CC2. The summed E-state index contributed by atoms with van der Waals surface area (Å²) in [6, 6.07) is -0.330. The normalized spacial score (nSPS) is 19.5. The fourth-order valence-electron chi connectivity index (χ4n) is 4.66. The Hall–Kier alpha value is -2.64. The minimum Gasteiger partial charge on any atom is -0.348 e. The molecule has 28 heavy (non-hydrogen) atoms. The van der Waals surface area contributed by atoms with Crippen LogP contribution in [0.2, 0.25) is 0 Å². The standard InChI is InChI=1S/C20H28N6O2/c1-4-17(27)25-8-5-16-18(22-13-21-16)20(25)6-9-24(10-7-20)19(28)15(3)26-12-14(2)11-23-26/h11-13,15H,4-10H2,1-3H3,(H,21,22)/t15-/m1/s1. The van der Waals surface area contributed by atoms with E-state index in [1.54, 1.807) is 17.2 Å². The topological polar surface area (TPSA) is 87.1 Å². The number of aryl methyl sites for hydroxylation is 1. The molecule has 1 N–H and O–H groups in total. The molecule has 0 saturated carbocycles. The van der Waals surface area contributed by atoms with Crippen molar-refractivity contribution in [2.45, 2.75) is 58.0 Å². The van der Waals surface area contributed by atoms with Crippen molar-refractivity contribution in [3.05, 3.63) is 35.7 Å². The molecule has 150 valence electrons. The van der Waals surface area contributed by atoms with Gasteiger partial charge in [0, 0.05) is 44.4 Å². The highest BCUT2D eigenvalue weighted by molar-refractivity contribution is 5.80. The van der Waals surface area contributed by atoms with Crippen LogP contribution in [-0.4, -0.2) is 61.0 Å². The molecule has 0 aliphatic carbocycles. The van der Waals surface area contributed by atoms with Gasteiger partial charge in [0.2, 0.25) is 11.8 Å². The monoisotopic (exact) mass is 384 g/mol. The molecule has 1 atom stereocenters. The lowest BCUT2D eigenvalue weighted by atomic mass is 9.78. The third kappa shape index (κ3) is 2.91. The van der Waals surface area contributed by atoms with Crippen molar-refractivity contribution in [3.63, 3.8) is 0 Å². The Kier molecular flexibility index (Phi) is 4.72. The summed E-state index contributed by atoms with van der Waals surface area (Å²) >= 11 is 0. The summed E-state index contributed by atoms with van der Waals surface area (Å²) in [6.07, 6.45) is 8.12. The smallest absolute Gasteiger partial charge is 0.247 e. The maximum absolute atomic E-state index is 13.0. The van der Waals surface area contributed by atoms with Crippen molar-refractivity contribution in [1.29, 1.82) is 0 Å². The number of amides is 2. The molecule has 0 bridgehead atoms. The van der Waals surface area contributed by atoms with Crippen LogP contribution in [0.15, 0.2) is 18.7 Å². The molecule has 2 aromatic heterocycles. The molecule has 2 amide bonds. The van der Waals surface area contributed by atoms with Crippen LogP contribution in [0.3, 0.4) is 0 Å². The summed E-state index contributed by atoms with van der Waals surface area (Å²) in [6.45, 7) is 7.70. The molecular weight excluding hydrogens is 356 g/mol. The third-order valence-electron chi connectivity index (χ3n) is 6.25. The molecule has 0 aromatic carbocycles. The summed E-state index contributed by atoms with van der Waals surface area (Å²) in [7, 11) is 0. The summed E-state index contributed by atoms with van der Waals surface area (Å²) in [5, 5.41) is 4.29. The Morgan fingerprint density at radius 1 is 1.29 bits per heavy atom. The average Bonchev–Trinajstić information content (AvgIpc) is 3.37. The molecule has 1 saturated heterocycles. The van der Waals surface area contributed by atoms with Crippen LogP contribution in [-0.2, 0) is 21.5 Å². The second-order valence-corrected chi connectivity index (χ2v) is 7.91. The molecule has 4 heterocycles. The number of carbonyl (C=O) groups is 2. The Labute approximate surface area is 164 Å². The lowest BCUT2D eigenvalue weighted by Crippen LogP contribution is -2.59. The van der Waals surface area contributed by atoms with Crippen LogP contribution in [0.25, 0.3) is 0 Å². The van der Waals surface area contributed by atoms with Gasteiger partial charge >= 0.3 is 0 Å². The number of aromatic nitrogens is 4. The zero-order valence-electron chi connectivity index (χ0n) is 16.8. The van der Waals surface area contributed by atoms with Gasteiger partial charge in [-0.15, -0.1) is 0 Å². The first-order valence-electron chi connectivity index (χ1n) is 10.1. The van der Waals surface area contributed by atoms with E-state index in [-0.39, 0.29) is 17.9 Å². The van der Waals surface area contributed by atoms with Crippen LogP contribution in [0.4, 0.5) is 0 Å². The first-order valence-corrected chi connectivity index (χ1v) is 10.1. The zero-order chi connectivity index (χ0) is 19.9. The number of hydrogen-bond donors (Lipinski definition) is 1. The minimum atomic E-state index is -0.400. The van der Waals surface area contributed by atoms with E-state index in [1.165, 1.54) is 0 Å². The quantitative estimate of drug-likeness (QED) is 0.874. The number of likely N-dealkylation sites (tertiary alicyclic amines) is 1. The number of imidazole rings is 1. The molecule has 8 nitrogen and oxygen atoms in total. The maximum atomic E-state index is 13.0. The van der Waals surface area contributed by atoms with E-state index in [9.17, 15) is 9.59 Å². The van der Waals surface area contributed by atoms with Gasteiger partial charge in [-0.2, -0.15) is 5.10 Å². The van der Waals surface area contributed by atoms with Crippen LogP contribution in [0.1, 0.15) is 56.1 Å². The van der Waals surface area contributed by atoms with Crippen molar-refractivity contribution in [1.82, 2.24) is 29.5 Å². The Morgan fingerprint density at radius 3 is 2.68 bits per heavy atom. The average molecular weight is 384 g/mol. The van der Waals surface area contributed by atoms with Gasteiger partial charge < -0.3 is 14.8 Å². The van der Waals surface area contributed by atoms with Crippen molar-refractivity contribution in [2.75, 3.05) is 19.6 Å². The van der Waals surface area contributed by atoms with Crippen LogP contribution in [0.5, 0.6) is 0 Å². The van der Waals surface area contributed by atoms with E-state index >= 15 is 0 Å². The number of rotatable bonds is 3. The van der Waals surface area contributed by atoms with Gasteiger partial charge in [-0.25, -0.2) is 4.98 Å². The lowest BCUT2D eigenvalue weighted by Gasteiger charge is -2.50. The van der Waals surface area contributed by atoms with E-state index in [4.69, 9.17) is 0 Å². The van der Waals surface area contributed by atoms with Crippen LogP contribution < -0.4 is 0 Å². The van der Waals surface area contributed by atoms with E-state index in [1.807, 2.05) is 36.8 Å². The van der Waals surface area contributed by atoms with Gasteiger partial charge in [0.05, 0.1) is 23.8 Å². The molecule has 8 heteroatoms. The predicted octanol–water partition coefficient (Wildman–Crippen LogP) is 1.79. The number of piperidine rings is 1. The number of nitrogens with zero attached hydrogens (tertiary/aromatic N) is 5. The van der Waals surface area contributed by atoms with Crippen molar-refractivity contribution >= 4 is 11.8 Å². The third-order valence-corrected chi connectivity index (χ3v) is 6.25. The highest BCUT2D eigenvalue weighted by Gasteiger charge is 2.49. The second-order valence-electron chi connectivity index (χ2n) is 7.91. The van der Waals surface area contributed by atoms with Gasteiger partial charge in [-0.1, -0.05) is 6.92 Å². The fraction of sp³-hybridized carbons (Fsp3) is 0.600. The molecule has 0 unspecified atom stereocenters. The van der Waals surface area contributed by atoms with Crippen molar-refractivity contribution in [3.8, 4) is 0 Å². The highest BCUT2D eigenvalue weighted by Crippen LogP contribution is 2.42. The van der Waals surface area contributed by atoms with E-state index < -0.39 is 5.54 Å². The van der Waals surface area contributed by atoms with Crippen molar-refractivity contribution in [2.24, 2.45) is 0 Å². The van der Waals surface area contributed by atoms with Gasteiger partial charge in [0.15, 0.2) is 0 Å². The molecule has 1 fully saturated rings. The first kappa shape index (κ1) is 18.7. The van der Waals surface area contributed by atoms with Gasteiger partial charge in [-0.3, -0.25) is 14.3 Å². The van der Waals surface area contributed by atoms with E-state index in [2.05, 4.69) is 15.1 Å². The number of H-pyrrole nitrogens is 1. The number of hydrogen-bond acceptors (Lipinski definition) is 4. The summed E-state index contributed by atoms with van der Waals surface area (Å²) in [4.78, 5) is 37.4. The highest BCUT2D eigenvalue weighted by atomic mass is 16.2. The molecule has 2 aliphatic heterocycles. The van der Waals surface area contributed by atoms with Crippen LogP contribution >= 0.6 is 0 Å². The number of nitrogens with one attached hydrogen (secondary N) is 1. The molecule has 4 rings (SSSR count). The van der Waals surface area contributed by atoms with Gasteiger partial charge in [0.1, 0.15) is 6.04 Å². The Balaban J connectivity index is 1.54. The van der Waals surface area contributed by atoms with E-state index in [0.29, 0.717) is 38.9 Å². The summed E-state index contributed by atoms with van der Waals surface area (Å²) in [5.74, 6) is 0.234. The number of aromatic amines is 1. The first-order chi connectivity index (χ1) is 13.5. The van der Waals surface area contributed by atoms with Crippen molar-refractivity contribution < 1.29 is 9.59 Å². The van der Waals surface area contributed by atoms with Gasteiger partial charge in [-0.05, 0) is 32.3 Å². The fourth-order valence-corrected chi connectivity index (χ4v) is 4.66. The molecule has 1 spiro atoms. The summed E-state index contributed by atoms with van der Waals surface area (Å²) < 4.78 is 1.72. The minimum absolute atomic E-state index is 0.0735. The molecule has 2 aliphatic rings.